The topological polar surface area (TPSA) is 61.2 Å². The van der Waals surface area contributed by atoms with E-state index in [1.165, 1.54) is 0 Å². The molecule has 54 valence electrons. The molecule has 0 rings (SSSR count). The zero-order valence-corrected chi connectivity index (χ0v) is 5.96. The molecule has 0 N–H and O–H groups in total. The summed E-state index contributed by atoms with van der Waals surface area (Å²) in [6.07, 6.45) is 0. The van der Waals surface area contributed by atoms with Crippen molar-refractivity contribution in [2.45, 2.75) is 6.92 Å². The summed E-state index contributed by atoms with van der Waals surface area (Å²) in [6, 6.07) is 3.19. The molecule has 0 radical (unpaired) electrons. The van der Waals surface area contributed by atoms with Crippen molar-refractivity contribution in [1.82, 2.24) is 0 Å². The smallest absolute Gasteiger partial charge is 0.313 e. The Bertz CT molecular complexity index is 268. The molecule has 11 heavy (non-hydrogen) atoms. The molecular weight excluding hydrogens is 142 g/mol. The second kappa shape index (κ2) is 4.85. The Morgan fingerprint density at radius 2 is 2.18 bits per heavy atom. The fourth-order valence-electron chi connectivity index (χ4n) is 0.424. The lowest BCUT2D eigenvalue weighted by Crippen LogP contribution is -1.91. The van der Waals surface area contributed by atoms with Crippen LogP contribution < -0.4 is 0 Å². The van der Waals surface area contributed by atoms with Crippen molar-refractivity contribution in [2.75, 3.05) is 6.61 Å². The fourth-order valence-corrected chi connectivity index (χ4v) is 0.424. The molecule has 0 atom stereocenters. The Kier molecular flexibility index (Phi) is 3.97. The standard InChI is InChI=1S/C7H5N3O/c1-3-11-7(5-9)6(4-8)10-2/h3H2,1H3/b7-6-. The van der Waals surface area contributed by atoms with Crippen molar-refractivity contribution >= 4 is 0 Å². The molecule has 0 saturated carbocycles. The van der Waals surface area contributed by atoms with Gasteiger partial charge in [-0.05, 0) is 6.92 Å². The molecule has 0 heterocycles. The summed E-state index contributed by atoms with van der Waals surface area (Å²) >= 11 is 0. The van der Waals surface area contributed by atoms with Gasteiger partial charge in [-0.25, -0.2) is 10.1 Å². The lowest BCUT2D eigenvalue weighted by atomic mass is 10.4. The van der Waals surface area contributed by atoms with Gasteiger partial charge in [0.2, 0.25) is 5.76 Å². The van der Waals surface area contributed by atoms with Crippen LogP contribution in [0.1, 0.15) is 6.92 Å². The minimum atomic E-state index is -0.297. The number of rotatable bonds is 2. The first-order chi connectivity index (χ1) is 5.29. The summed E-state index contributed by atoms with van der Waals surface area (Å²) in [5.74, 6) is -0.204. The largest absolute Gasteiger partial charge is 0.494 e. The Balaban J connectivity index is 4.75. The van der Waals surface area contributed by atoms with E-state index in [1.54, 1.807) is 19.1 Å². The number of allylic oxidation sites excluding steroid dienone is 2. The molecule has 4 heteroatoms. The van der Waals surface area contributed by atoms with Gasteiger partial charge in [0.05, 0.1) is 19.2 Å². The Morgan fingerprint density at radius 1 is 1.55 bits per heavy atom. The molecule has 4 nitrogen and oxygen atoms in total. The van der Waals surface area contributed by atoms with Gasteiger partial charge in [-0.1, -0.05) is 0 Å². The van der Waals surface area contributed by atoms with E-state index < -0.39 is 0 Å². The van der Waals surface area contributed by atoms with E-state index >= 15 is 0 Å². The molecule has 0 aliphatic carbocycles. The van der Waals surface area contributed by atoms with E-state index in [1.807, 2.05) is 0 Å². The molecule has 0 aliphatic rings. The van der Waals surface area contributed by atoms with Crippen LogP contribution in [0.4, 0.5) is 0 Å². The maximum absolute atomic E-state index is 8.36. The average Bonchev–Trinajstić information content (AvgIpc) is 2.05. The first kappa shape index (κ1) is 9.01. The highest BCUT2D eigenvalue weighted by molar-refractivity contribution is 5.36. The van der Waals surface area contributed by atoms with Crippen LogP contribution >= 0.6 is 0 Å². The lowest BCUT2D eigenvalue weighted by molar-refractivity contribution is 0.243. The van der Waals surface area contributed by atoms with Gasteiger partial charge in [0.15, 0.2) is 0 Å². The fraction of sp³-hybridized carbons (Fsp3) is 0.286. The summed E-state index contributed by atoms with van der Waals surface area (Å²) in [5, 5.41) is 16.7. The SMILES string of the molecule is [C-]#[N+]/C(C#N)=C(/C#N)OCC. The van der Waals surface area contributed by atoms with Crippen LogP contribution in [0, 0.1) is 29.2 Å². The number of hydrogen-bond donors (Lipinski definition) is 0. The van der Waals surface area contributed by atoms with Crippen LogP contribution in [-0.4, -0.2) is 6.61 Å². The van der Waals surface area contributed by atoms with Gasteiger partial charge in [0.1, 0.15) is 6.07 Å². The second-order valence-corrected chi connectivity index (χ2v) is 1.45. The molecule has 0 aromatic rings. The summed E-state index contributed by atoms with van der Waals surface area (Å²) in [7, 11) is 0. The minimum Gasteiger partial charge on any atom is -0.494 e. The molecular formula is C7H5N3O. The summed E-state index contributed by atoms with van der Waals surface area (Å²) < 4.78 is 4.72. The molecule has 0 spiro atoms. The molecule has 0 aliphatic heterocycles. The van der Waals surface area contributed by atoms with E-state index in [0.29, 0.717) is 0 Å². The van der Waals surface area contributed by atoms with E-state index in [2.05, 4.69) is 4.85 Å². The third kappa shape index (κ3) is 2.39. The third-order valence-corrected chi connectivity index (χ3v) is 0.823. The van der Waals surface area contributed by atoms with E-state index in [-0.39, 0.29) is 18.1 Å². The van der Waals surface area contributed by atoms with Gasteiger partial charge in [-0.15, -0.1) is 0 Å². The van der Waals surface area contributed by atoms with Crippen LogP contribution in [0.5, 0.6) is 0 Å². The molecule has 0 aromatic heterocycles. The highest BCUT2D eigenvalue weighted by Crippen LogP contribution is 2.04. The van der Waals surface area contributed by atoms with Gasteiger partial charge >= 0.3 is 5.70 Å². The zero-order valence-electron chi connectivity index (χ0n) is 5.96. The molecule has 0 bridgehead atoms. The lowest BCUT2D eigenvalue weighted by Gasteiger charge is -1.97. The molecule has 0 amide bonds. The Morgan fingerprint density at radius 3 is 2.45 bits per heavy atom. The highest BCUT2D eigenvalue weighted by atomic mass is 16.5. The molecule has 0 fully saturated rings. The monoisotopic (exact) mass is 147 g/mol. The first-order valence-electron chi connectivity index (χ1n) is 2.84. The van der Waals surface area contributed by atoms with Crippen LogP contribution in [0.2, 0.25) is 0 Å². The van der Waals surface area contributed by atoms with Crippen molar-refractivity contribution in [1.29, 1.82) is 10.5 Å². The third-order valence-electron chi connectivity index (χ3n) is 0.823. The van der Waals surface area contributed by atoms with Crippen molar-refractivity contribution < 1.29 is 4.74 Å². The van der Waals surface area contributed by atoms with E-state index in [9.17, 15) is 0 Å². The molecule has 0 aromatic carbocycles. The first-order valence-corrected chi connectivity index (χ1v) is 2.84. The number of nitriles is 2. The van der Waals surface area contributed by atoms with Gasteiger partial charge in [-0.2, -0.15) is 5.26 Å². The number of hydrogen-bond acceptors (Lipinski definition) is 3. The van der Waals surface area contributed by atoms with Gasteiger partial charge in [0.25, 0.3) is 0 Å². The van der Waals surface area contributed by atoms with Gasteiger partial charge in [0, 0.05) is 0 Å². The number of nitrogens with zero attached hydrogens (tertiary/aromatic N) is 3. The number of ether oxygens (including phenoxy) is 1. The van der Waals surface area contributed by atoms with Crippen molar-refractivity contribution in [3.63, 3.8) is 0 Å². The maximum Gasteiger partial charge on any atom is 0.313 e. The van der Waals surface area contributed by atoms with Crippen LogP contribution in [0.15, 0.2) is 11.5 Å². The highest BCUT2D eigenvalue weighted by Gasteiger charge is 2.05. The van der Waals surface area contributed by atoms with Crippen molar-refractivity contribution in [2.24, 2.45) is 0 Å². The summed E-state index contributed by atoms with van der Waals surface area (Å²) in [6.45, 7) is 8.44. The van der Waals surface area contributed by atoms with Crippen molar-refractivity contribution in [3.8, 4) is 12.1 Å². The average molecular weight is 147 g/mol. The predicted octanol–water partition coefficient (Wildman–Crippen LogP) is 1.20. The summed E-state index contributed by atoms with van der Waals surface area (Å²) in [4.78, 5) is 2.82. The van der Waals surface area contributed by atoms with Gasteiger partial charge < -0.3 is 4.74 Å². The van der Waals surface area contributed by atoms with Crippen LogP contribution in [-0.2, 0) is 4.74 Å². The van der Waals surface area contributed by atoms with Gasteiger partial charge in [-0.3, -0.25) is 0 Å². The Hall–Kier alpha value is -1.99. The van der Waals surface area contributed by atoms with Crippen molar-refractivity contribution in [3.05, 3.63) is 22.9 Å². The predicted molar refractivity (Wildman–Crippen MR) is 36.5 cm³/mol. The van der Waals surface area contributed by atoms with E-state index in [0.717, 1.165) is 0 Å². The van der Waals surface area contributed by atoms with Crippen LogP contribution in [0.25, 0.3) is 4.85 Å². The van der Waals surface area contributed by atoms with Crippen LogP contribution in [0.3, 0.4) is 0 Å². The Labute approximate surface area is 64.7 Å². The zero-order chi connectivity index (χ0) is 8.69. The minimum absolute atomic E-state index is 0.204. The molecule has 0 unspecified atom stereocenters. The summed E-state index contributed by atoms with van der Waals surface area (Å²) in [5.41, 5.74) is -0.297. The molecule has 0 saturated heterocycles. The quantitative estimate of drug-likeness (QED) is 0.335. The maximum atomic E-state index is 8.36. The normalized spacial score (nSPS) is 10.0. The second-order valence-electron chi connectivity index (χ2n) is 1.45. The van der Waals surface area contributed by atoms with E-state index in [4.69, 9.17) is 21.8 Å².